The highest BCUT2D eigenvalue weighted by atomic mass is 35.5. The Morgan fingerprint density at radius 1 is 0.628 bits per heavy atom. The summed E-state index contributed by atoms with van der Waals surface area (Å²) in [5.74, 6) is -4.86. The number of amides is 4. The number of imide groups is 2. The van der Waals surface area contributed by atoms with Crippen LogP contribution in [0.2, 0.25) is 10.0 Å². The van der Waals surface area contributed by atoms with Crippen molar-refractivity contribution in [1.82, 2.24) is 0 Å². The quantitative estimate of drug-likeness (QED) is 0.239. The summed E-state index contributed by atoms with van der Waals surface area (Å²) in [5.41, 5.74) is 3.14. The molecule has 0 saturated carbocycles. The van der Waals surface area contributed by atoms with E-state index >= 15 is 0 Å². The molecule has 6 nitrogen and oxygen atoms in total. The van der Waals surface area contributed by atoms with Crippen LogP contribution in [-0.2, 0) is 25.6 Å². The molecule has 4 aromatic rings. The molecule has 4 amide bonds. The van der Waals surface area contributed by atoms with Crippen LogP contribution < -0.4 is 9.80 Å². The van der Waals surface area contributed by atoms with Gasteiger partial charge in [0, 0.05) is 10.0 Å². The molecule has 2 fully saturated rings. The van der Waals surface area contributed by atoms with E-state index in [0.717, 1.165) is 21.6 Å². The Morgan fingerprint density at radius 2 is 1.19 bits per heavy atom. The molecule has 0 unspecified atom stereocenters. The van der Waals surface area contributed by atoms with Gasteiger partial charge in [-0.05, 0) is 85.5 Å². The second-order valence-electron chi connectivity index (χ2n) is 11.7. The zero-order valence-corrected chi connectivity index (χ0v) is 24.9. The van der Waals surface area contributed by atoms with E-state index in [1.54, 1.807) is 48.5 Å². The van der Waals surface area contributed by atoms with Crippen LogP contribution in [0.5, 0.6) is 0 Å². The van der Waals surface area contributed by atoms with Crippen molar-refractivity contribution in [2.75, 3.05) is 9.80 Å². The molecular weight excluding hydrogens is 583 g/mol. The fourth-order valence-corrected chi connectivity index (χ4v) is 7.50. The van der Waals surface area contributed by atoms with Gasteiger partial charge in [-0.15, -0.1) is 0 Å². The first-order valence-corrected chi connectivity index (χ1v) is 14.8. The summed E-state index contributed by atoms with van der Waals surface area (Å²) >= 11 is 12.3. The molecule has 0 radical (unpaired) electrons. The van der Waals surface area contributed by atoms with Gasteiger partial charge >= 0.3 is 0 Å². The van der Waals surface area contributed by atoms with Crippen LogP contribution in [0.3, 0.4) is 0 Å². The number of anilines is 2. The number of benzene rings is 4. The number of rotatable bonds is 4. The van der Waals surface area contributed by atoms with Gasteiger partial charge in [0.2, 0.25) is 23.6 Å². The second kappa shape index (κ2) is 9.90. The SMILES string of the molecule is Cc1ccc(C[C@]23C(=O)N(c4ccc(Cl)cc4)C(=O)[C@H]2c2cc(C)ccc2[C@H]2C(=O)N(c4ccc(Cl)cc4)C(=O)[C@@H]23)cc1. The predicted octanol–water partition coefficient (Wildman–Crippen LogP) is 6.78. The normalized spacial score (nSPS) is 24.3. The molecule has 7 rings (SSSR count). The number of aryl methyl sites for hydroxylation is 2. The molecule has 0 bridgehead atoms. The molecule has 214 valence electrons. The van der Waals surface area contributed by atoms with Crippen LogP contribution in [0.15, 0.2) is 91.0 Å². The Balaban J connectivity index is 1.50. The first-order chi connectivity index (χ1) is 20.6. The smallest absolute Gasteiger partial charge is 0.242 e. The van der Waals surface area contributed by atoms with Crippen molar-refractivity contribution in [3.63, 3.8) is 0 Å². The molecule has 0 N–H and O–H groups in total. The largest absolute Gasteiger partial charge is 0.274 e. The Bertz CT molecular complexity index is 1840. The molecule has 8 heteroatoms. The van der Waals surface area contributed by atoms with Crippen molar-refractivity contribution in [2.45, 2.75) is 32.1 Å². The van der Waals surface area contributed by atoms with E-state index < -0.39 is 46.8 Å². The van der Waals surface area contributed by atoms with E-state index in [2.05, 4.69) is 0 Å². The fourth-order valence-electron chi connectivity index (χ4n) is 7.24. The van der Waals surface area contributed by atoms with Gasteiger partial charge in [-0.1, -0.05) is 76.8 Å². The minimum Gasteiger partial charge on any atom is -0.274 e. The lowest BCUT2D eigenvalue weighted by molar-refractivity contribution is -0.138. The lowest BCUT2D eigenvalue weighted by Crippen LogP contribution is -2.51. The lowest BCUT2D eigenvalue weighted by Gasteiger charge is -2.43. The fraction of sp³-hybridized carbons (Fsp3) is 0.200. The Kier molecular flexibility index (Phi) is 6.35. The second-order valence-corrected chi connectivity index (χ2v) is 12.5. The maximum absolute atomic E-state index is 15.0. The minimum atomic E-state index is -1.55. The third-order valence-corrected chi connectivity index (χ3v) is 9.62. The van der Waals surface area contributed by atoms with E-state index in [1.807, 2.05) is 56.3 Å². The maximum atomic E-state index is 15.0. The van der Waals surface area contributed by atoms with Crippen LogP contribution in [0, 0.1) is 25.2 Å². The number of hydrogen-bond donors (Lipinski definition) is 0. The molecule has 3 aliphatic rings. The highest BCUT2D eigenvalue weighted by Crippen LogP contribution is 2.63. The van der Waals surface area contributed by atoms with E-state index in [9.17, 15) is 19.2 Å². The van der Waals surface area contributed by atoms with Crippen molar-refractivity contribution in [3.05, 3.63) is 129 Å². The van der Waals surface area contributed by atoms with Gasteiger partial charge in [-0.2, -0.15) is 0 Å². The van der Waals surface area contributed by atoms with E-state index in [-0.39, 0.29) is 6.42 Å². The summed E-state index contributed by atoms with van der Waals surface area (Å²) in [6.45, 7) is 3.88. The van der Waals surface area contributed by atoms with Gasteiger partial charge in [0.15, 0.2) is 0 Å². The first-order valence-electron chi connectivity index (χ1n) is 14.0. The average Bonchev–Trinajstić information content (AvgIpc) is 3.38. The van der Waals surface area contributed by atoms with Gasteiger partial charge in [0.25, 0.3) is 0 Å². The predicted molar refractivity (Wildman–Crippen MR) is 165 cm³/mol. The Labute approximate surface area is 258 Å². The minimum absolute atomic E-state index is 0.106. The molecule has 2 saturated heterocycles. The monoisotopic (exact) mass is 608 g/mol. The van der Waals surface area contributed by atoms with E-state index in [1.165, 1.54) is 4.90 Å². The van der Waals surface area contributed by atoms with Crippen LogP contribution in [0.1, 0.15) is 39.7 Å². The summed E-state index contributed by atoms with van der Waals surface area (Å²) in [7, 11) is 0. The van der Waals surface area contributed by atoms with Crippen LogP contribution in [-0.4, -0.2) is 23.6 Å². The van der Waals surface area contributed by atoms with E-state index in [0.29, 0.717) is 32.5 Å². The number of halogens is 2. The highest BCUT2D eigenvalue weighted by Gasteiger charge is 2.73. The average molecular weight is 610 g/mol. The van der Waals surface area contributed by atoms with Crippen LogP contribution in [0.25, 0.3) is 0 Å². The summed E-state index contributed by atoms with van der Waals surface area (Å²) < 4.78 is 0. The Morgan fingerprint density at radius 3 is 1.79 bits per heavy atom. The molecule has 2 heterocycles. The van der Waals surface area contributed by atoms with Crippen molar-refractivity contribution >= 4 is 58.2 Å². The molecular formula is C35H26Cl2N2O4. The number of nitrogens with zero attached hydrogens (tertiary/aromatic N) is 2. The third-order valence-electron chi connectivity index (χ3n) is 9.12. The molecule has 1 aliphatic carbocycles. The highest BCUT2D eigenvalue weighted by molar-refractivity contribution is 6.33. The molecule has 4 atom stereocenters. The zero-order valence-electron chi connectivity index (χ0n) is 23.4. The van der Waals surface area contributed by atoms with Gasteiger partial charge < -0.3 is 0 Å². The maximum Gasteiger partial charge on any atom is 0.242 e. The van der Waals surface area contributed by atoms with Crippen molar-refractivity contribution in [2.24, 2.45) is 11.3 Å². The molecule has 0 aromatic heterocycles. The third kappa shape index (κ3) is 4.00. The summed E-state index contributed by atoms with van der Waals surface area (Å²) in [6.07, 6.45) is 0.106. The molecule has 43 heavy (non-hydrogen) atoms. The molecule has 4 aromatic carbocycles. The summed E-state index contributed by atoms with van der Waals surface area (Å²) in [6, 6.07) is 26.3. The van der Waals surface area contributed by atoms with Gasteiger partial charge in [0.05, 0.1) is 34.5 Å². The van der Waals surface area contributed by atoms with Gasteiger partial charge in [0.1, 0.15) is 0 Å². The van der Waals surface area contributed by atoms with Crippen molar-refractivity contribution in [1.29, 1.82) is 0 Å². The van der Waals surface area contributed by atoms with Crippen LogP contribution >= 0.6 is 23.2 Å². The summed E-state index contributed by atoms with van der Waals surface area (Å²) in [5, 5.41) is 0.929. The van der Waals surface area contributed by atoms with E-state index in [4.69, 9.17) is 23.2 Å². The number of carbonyl (C=O) groups is 4. The van der Waals surface area contributed by atoms with Gasteiger partial charge in [-0.3, -0.25) is 19.2 Å². The zero-order chi connectivity index (χ0) is 30.2. The lowest BCUT2D eigenvalue weighted by atomic mass is 9.54. The van der Waals surface area contributed by atoms with Gasteiger partial charge in [-0.25, -0.2) is 9.80 Å². The van der Waals surface area contributed by atoms with Crippen molar-refractivity contribution < 1.29 is 19.2 Å². The Hall–Kier alpha value is -4.26. The topological polar surface area (TPSA) is 74.8 Å². The number of fused-ring (bicyclic) bond motifs is 6. The van der Waals surface area contributed by atoms with Crippen molar-refractivity contribution in [3.8, 4) is 0 Å². The van der Waals surface area contributed by atoms with Crippen LogP contribution in [0.4, 0.5) is 11.4 Å². The molecule has 0 spiro atoms. The summed E-state index contributed by atoms with van der Waals surface area (Å²) in [4.78, 5) is 60.9. The number of carbonyl (C=O) groups excluding carboxylic acids is 4. The molecule has 2 aliphatic heterocycles. The standard InChI is InChI=1S/C35H26Cl2N2O4/c1-19-3-6-21(7-4-19)18-35-29(32(41)39(34(35)43)25-14-10-23(37)11-15-25)27-17-20(2)5-16-26(27)28-30(35)33(42)38(31(28)40)24-12-8-22(36)9-13-24/h3-17,28-30H,18H2,1-2H3/t28-,29-,30-,35+/m1/s1. The first kappa shape index (κ1) is 27.6. The number of hydrogen-bond acceptors (Lipinski definition) is 4.